The summed E-state index contributed by atoms with van der Waals surface area (Å²) in [6.45, 7) is 2.92. The zero-order valence-electron chi connectivity index (χ0n) is 21.8. The van der Waals surface area contributed by atoms with E-state index in [4.69, 9.17) is 17.0 Å². The first kappa shape index (κ1) is 25.1. The highest BCUT2D eigenvalue weighted by molar-refractivity contribution is 8.25. The molecule has 8 heteroatoms. The highest BCUT2D eigenvalue weighted by Crippen LogP contribution is 2.66. The van der Waals surface area contributed by atoms with Crippen LogP contribution in [-0.4, -0.2) is 58.4 Å². The number of aryl methyl sites for hydroxylation is 1. The van der Waals surface area contributed by atoms with Crippen LogP contribution in [0, 0.1) is 6.92 Å². The van der Waals surface area contributed by atoms with Gasteiger partial charge in [0, 0.05) is 30.8 Å². The molecule has 3 aliphatic rings. The van der Waals surface area contributed by atoms with E-state index in [1.54, 1.807) is 24.0 Å². The van der Waals surface area contributed by atoms with Crippen LogP contribution in [0.3, 0.4) is 0 Å². The molecule has 2 spiro atoms. The minimum Gasteiger partial charge on any atom is -0.497 e. The van der Waals surface area contributed by atoms with Gasteiger partial charge in [-0.3, -0.25) is 19.4 Å². The van der Waals surface area contributed by atoms with Crippen LogP contribution >= 0.6 is 24.0 Å². The Morgan fingerprint density at radius 2 is 1.71 bits per heavy atom. The van der Waals surface area contributed by atoms with Gasteiger partial charge in [0.2, 0.25) is 5.91 Å². The number of benzene rings is 3. The molecule has 6 nitrogen and oxygen atoms in total. The van der Waals surface area contributed by atoms with Crippen LogP contribution in [0.4, 0.5) is 5.69 Å². The predicted molar refractivity (Wildman–Crippen MR) is 155 cm³/mol. The van der Waals surface area contributed by atoms with Crippen molar-refractivity contribution in [1.82, 2.24) is 9.80 Å². The summed E-state index contributed by atoms with van der Waals surface area (Å²) >= 11 is 7.31. The monoisotopic (exact) mass is 543 g/mol. The Bertz CT molecular complexity index is 1460. The van der Waals surface area contributed by atoms with Crippen LogP contribution in [-0.2, 0) is 21.7 Å². The zero-order chi connectivity index (χ0) is 26.8. The van der Waals surface area contributed by atoms with Gasteiger partial charge in [0.25, 0.3) is 5.91 Å². The maximum absolute atomic E-state index is 14.9. The largest absolute Gasteiger partial charge is 0.497 e. The number of fused-ring (bicyclic) bond motifs is 3. The summed E-state index contributed by atoms with van der Waals surface area (Å²) in [4.78, 5) is 34.9. The van der Waals surface area contributed by atoms with Gasteiger partial charge in [-0.15, -0.1) is 0 Å². The van der Waals surface area contributed by atoms with Crippen molar-refractivity contribution in [3.63, 3.8) is 0 Å². The number of rotatable bonds is 4. The van der Waals surface area contributed by atoms with Crippen LogP contribution in [0.1, 0.15) is 28.2 Å². The fourth-order valence-electron chi connectivity index (χ4n) is 6.55. The van der Waals surface area contributed by atoms with Crippen LogP contribution in [0.25, 0.3) is 0 Å². The van der Waals surface area contributed by atoms with Gasteiger partial charge in [-0.25, -0.2) is 0 Å². The summed E-state index contributed by atoms with van der Waals surface area (Å²) < 4.78 is 4.73. The van der Waals surface area contributed by atoms with Crippen molar-refractivity contribution in [3.8, 4) is 5.75 Å². The number of thioether (sulfide) groups is 1. The summed E-state index contributed by atoms with van der Waals surface area (Å²) in [7, 11) is 5.40. The molecule has 3 aromatic carbocycles. The van der Waals surface area contributed by atoms with Crippen molar-refractivity contribution >= 4 is 45.8 Å². The number of methoxy groups -OCH3 is 1. The van der Waals surface area contributed by atoms with E-state index in [0.29, 0.717) is 17.4 Å². The van der Waals surface area contributed by atoms with Gasteiger partial charge in [-0.1, -0.05) is 84.1 Å². The Balaban J connectivity index is 1.59. The standard InChI is InChI=1S/C30H29N3O3S2/c1-19-10-15-25-23(16-19)29(26(34)32(25)3)30(24(18-31(29)2)21-11-13-22(36-4)14-12-21)27(35)33(28(37)38-30)17-20-8-6-5-7-9-20/h5-16,24H,17-18H2,1-4H3. The topological polar surface area (TPSA) is 53.1 Å². The van der Waals surface area contributed by atoms with Gasteiger partial charge in [0.15, 0.2) is 5.54 Å². The summed E-state index contributed by atoms with van der Waals surface area (Å²) in [6, 6.07) is 23.8. The molecule has 2 fully saturated rings. The van der Waals surface area contributed by atoms with Crippen molar-refractivity contribution in [2.75, 3.05) is 32.6 Å². The van der Waals surface area contributed by atoms with E-state index in [1.165, 1.54) is 11.8 Å². The van der Waals surface area contributed by atoms with Crippen LogP contribution in [0.15, 0.2) is 72.8 Å². The van der Waals surface area contributed by atoms with Crippen LogP contribution < -0.4 is 9.64 Å². The smallest absolute Gasteiger partial charge is 0.254 e. The number of carbonyl (C=O) groups excluding carboxylic acids is 2. The molecular formula is C30H29N3O3S2. The molecule has 0 saturated carbocycles. The molecule has 0 N–H and O–H groups in total. The van der Waals surface area contributed by atoms with Gasteiger partial charge >= 0.3 is 0 Å². The number of hydrogen-bond donors (Lipinski definition) is 0. The molecule has 2 saturated heterocycles. The van der Waals surface area contributed by atoms with Gasteiger partial charge in [-0.2, -0.15) is 0 Å². The van der Waals surface area contributed by atoms with Crippen molar-refractivity contribution < 1.29 is 14.3 Å². The van der Waals surface area contributed by atoms with Crippen molar-refractivity contribution in [1.29, 1.82) is 0 Å². The molecule has 0 aromatic heterocycles. The van der Waals surface area contributed by atoms with Crippen LogP contribution in [0.5, 0.6) is 5.75 Å². The first-order valence-corrected chi connectivity index (χ1v) is 13.8. The highest BCUT2D eigenvalue weighted by atomic mass is 32.2. The molecular weight excluding hydrogens is 514 g/mol. The molecule has 0 bridgehead atoms. The van der Waals surface area contributed by atoms with E-state index >= 15 is 0 Å². The third kappa shape index (κ3) is 3.20. The second-order valence-corrected chi connectivity index (χ2v) is 12.2. The maximum atomic E-state index is 14.9. The zero-order valence-corrected chi connectivity index (χ0v) is 23.4. The second-order valence-electron chi connectivity index (χ2n) is 10.3. The molecule has 0 radical (unpaired) electrons. The van der Waals surface area contributed by atoms with Gasteiger partial charge in [0.1, 0.15) is 14.8 Å². The van der Waals surface area contributed by atoms with Gasteiger partial charge < -0.3 is 9.64 Å². The predicted octanol–water partition coefficient (Wildman–Crippen LogP) is 4.70. The third-order valence-electron chi connectivity index (χ3n) is 8.31. The summed E-state index contributed by atoms with van der Waals surface area (Å²) in [5.74, 6) is 0.256. The van der Waals surface area contributed by atoms with Crippen LogP contribution in [0.2, 0.25) is 0 Å². The third-order valence-corrected chi connectivity index (χ3v) is 10.2. The molecule has 3 aliphatic heterocycles. The fourth-order valence-corrected chi connectivity index (χ4v) is 8.68. The Morgan fingerprint density at radius 3 is 2.39 bits per heavy atom. The number of ether oxygens (including phenoxy) is 1. The minimum absolute atomic E-state index is 0.0955. The number of amides is 2. The lowest BCUT2D eigenvalue weighted by atomic mass is 9.71. The lowest BCUT2D eigenvalue weighted by Gasteiger charge is -2.42. The molecule has 38 heavy (non-hydrogen) atoms. The van der Waals surface area contributed by atoms with E-state index in [2.05, 4.69) is 11.0 Å². The Morgan fingerprint density at radius 1 is 1.00 bits per heavy atom. The first-order chi connectivity index (χ1) is 18.3. The van der Waals surface area contributed by atoms with E-state index < -0.39 is 10.3 Å². The lowest BCUT2D eigenvalue weighted by molar-refractivity contribution is -0.139. The number of hydrogen-bond acceptors (Lipinski definition) is 6. The SMILES string of the molecule is COc1ccc(C2CN(C)C3(C(=O)N(C)c4ccc(C)cc43)C23SC(=S)N(Cc2ccccc2)C3=O)cc1. The highest BCUT2D eigenvalue weighted by Gasteiger charge is 2.78. The average Bonchev–Trinajstić information content (AvgIpc) is 3.42. The lowest BCUT2D eigenvalue weighted by Crippen LogP contribution is -2.62. The normalized spacial score (nSPS) is 26.7. The summed E-state index contributed by atoms with van der Waals surface area (Å²) in [5.41, 5.74) is 3.52. The summed E-state index contributed by atoms with van der Waals surface area (Å²) in [5, 5.41) is 0. The molecule has 0 aliphatic carbocycles. The maximum Gasteiger partial charge on any atom is 0.254 e. The van der Waals surface area contributed by atoms with E-state index in [0.717, 1.165) is 33.7 Å². The molecule has 3 heterocycles. The number of carbonyl (C=O) groups is 2. The number of nitrogens with zero attached hydrogens (tertiary/aromatic N) is 3. The number of thiocarbonyl (C=S) groups is 1. The van der Waals surface area contributed by atoms with E-state index in [9.17, 15) is 9.59 Å². The van der Waals surface area contributed by atoms with Crippen molar-refractivity contribution in [2.45, 2.75) is 29.7 Å². The summed E-state index contributed by atoms with van der Waals surface area (Å²) in [6.07, 6.45) is 0. The molecule has 3 aromatic rings. The van der Waals surface area contributed by atoms with Gasteiger partial charge in [0.05, 0.1) is 13.7 Å². The minimum atomic E-state index is -1.20. The Hall–Kier alpha value is -3.20. The molecule has 6 rings (SSSR count). The van der Waals surface area contributed by atoms with Gasteiger partial charge in [-0.05, 0) is 43.3 Å². The number of likely N-dealkylation sites (tertiary alicyclic amines) is 1. The Labute approximate surface area is 232 Å². The second kappa shape index (κ2) is 8.93. The molecule has 3 unspecified atom stereocenters. The molecule has 194 valence electrons. The van der Waals surface area contributed by atoms with Crippen molar-refractivity contribution in [2.24, 2.45) is 0 Å². The fraction of sp³-hybridized carbons (Fsp3) is 0.300. The molecule has 2 amide bonds. The quantitative estimate of drug-likeness (QED) is 0.445. The number of anilines is 1. The number of likely N-dealkylation sites (N-methyl/N-ethyl adjacent to an activating group) is 2. The van der Waals surface area contributed by atoms with E-state index in [-0.39, 0.29) is 17.7 Å². The molecule has 3 atom stereocenters. The van der Waals surface area contributed by atoms with E-state index in [1.807, 2.05) is 80.7 Å². The average molecular weight is 544 g/mol. The Kier molecular flexibility index (Phi) is 5.90. The first-order valence-electron chi connectivity index (χ1n) is 12.6. The van der Waals surface area contributed by atoms with Crippen molar-refractivity contribution in [3.05, 3.63) is 95.1 Å².